The zero-order chi connectivity index (χ0) is 16.0. The van der Waals surface area contributed by atoms with E-state index in [4.69, 9.17) is 9.47 Å². The number of hydrogen-bond acceptors (Lipinski definition) is 5. The summed E-state index contributed by atoms with van der Waals surface area (Å²) >= 11 is 0. The summed E-state index contributed by atoms with van der Waals surface area (Å²) in [5.74, 6) is -1.41. The SMILES string of the molecule is COCC(C)NC(=O)COC(=O)C1CC(=O)N(C(C)C)C1. The lowest BCUT2D eigenvalue weighted by atomic mass is 10.1. The third-order valence-corrected chi connectivity index (χ3v) is 3.28. The first kappa shape index (κ1) is 17.4. The summed E-state index contributed by atoms with van der Waals surface area (Å²) in [7, 11) is 1.54. The highest BCUT2D eigenvalue weighted by Gasteiger charge is 2.36. The van der Waals surface area contributed by atoms with Gasteiger partial charge >= 0.3 is 5.97 Å². The number of esters is 1. The van der Waals surface area contributed by atoms with Crippen molar-refractivity contribution in [1.82, 2.24) is 10.2 Å². The van der Waals surface area contributed by atoms with Gasteiger partial charge in [0.15, 0.2) is 6.61 Å². The molecule has 1 rings (SSSR count). The number of methoxy groups -OCH3 is 1. The molecule has 0 spiro atoms. The molecular weight excluding hydrogens is 276 g/mol. The standard InChI is InChI=1S/C14H24N2O5/c1-9(2)16-6-11(5-13(16)18)14(19)21-8-12(17)15-10(3)7-20-4/h9-11H,5-8H2,1-4H3,(H,15,17). The van der Waals surface area contributed by atoms with Crippen LogP contribution in [0.2, 0.25) is 0 Å². The number of carbonyl (C=O) groups excluding carboxylic acids is 3. The highest BCUT2D eigenvalue weighted by atomic mass is 16.5. The van der Waals surface area contributed by atoms with Gasteiger partial charge in [0, 0.05) is 32.2 Å². The zero-order valence-electron chi connectivity index (χ0n) is 13.0. The molecule has 1 aliphatic rings. The van der Waals surface area contributed by atoms with E-state index in [-0.39, 0.29) is 36.9 Å². The van der Waals surface area contributed by atoms with Crippen molar-refractivity contribution >= 4 is 17.8 Å². The second-order valence-electron chi connectivity index (χ2n) is 5.57. The van der Waals surface area contributed by atoms with Gasteiger partial charge in [-0.15, -0.1) is 0 Å². The summed E-state index contributed by atoms with van der Waals surface area (Å²) < 4.78 is 9.86. The van der Waals surface area contributed by atoms with Crippen LogP contribution in [0.4, 0.5) is 0 Å². The van der Waals surface area contributed by atoms with Crippen LogP contribution in [0.5, 0.6) is 0 Å². The minimum atomic E-state index is -0.499. The van der Waals surface area contributed by atoms with E-state index in [1.165, 1.54) is 0 Å². The molecule has 2 unspecified atom stereocenters. The molecule has 120 valence electrons. The average molecular weight is 300 g/mol. The van der Waals surface area contributed by atoms with Crippen molar-refractivity contribution in [3.8, 4) is 0 Å². The number of likely N-dealkylation sites (tertiary alicyclic amines) is 1. The second-order valence-corrected chi connectivity index (χ2v) is 5.57. The van der Waals surface area contributed by atoms with Crippen molar-refractivity contribution in [2.45, 2.75) is 39.3 Å². The van der Waals surface area contributed by atoms with Crippen LogP contribution in [0.15, 0.2) is 0 Å². The Labute approximate surface area is 124 Å². The molecule has 0 bridgehead atoms. The number of carbonyl (C=O) groups is 3. The first-order valence-electron chi connectivity index (χ1n) is 7.09. The van der Waals surface area contributed by atoms with E-state index in [0.717, 1.165) is 0 Å². The van der Waals surface area contributed by atoms with Crippen LogP contribution in [-0.2, 0) is 23.9 Å². The maximum Gasteiger partial charge on any atom is 0.311 e. The lowest BCUT2D eigenvalue weighted by Crippen LogP contribution is -2.39. The largest absolute Gasteiger partial charge is 0.455 e. The van der Waals surface area contributed by atoms with Gasteiger partial charge in [-0.05, 0) is 20.8 Å². The van der Waals surface area contributed by atoms with E-state index >= 15 is 0 Å². The van der Waals surface area contributed by atoms with E-state index in [9.17, 15) is 14.4 Å². The van der Waals surface area contributed by atoms with Gasteiger partial charge in [-0.2, -0.15) is 0 Å². The van der Waals surface area contributed by atoms with Crippen molar-refractivity contribution < 1.29 is 23.9 Å². The Kier molecular flexibility index (Phi) is 6.61. The maximum atomic E-state index is 11.9. The topological polar surface area (TPSA) is 84.9 Å². The average Bonchev–Trinajstić information content (AvgIpc) is 2.78. The van der Waals surface area contributed by atoms with E-state index in [1.54, 1.807) is 18.9 Å². The van der Waals surface area contributed by atoms with E-state index in [1.807, 2.05) is 13.8 Å². The summed E-state index contributed by atoms with van der Waals surface area (Å²) in [4.78, 5) is 36.8. The minimum absolute atomic E-state index is 0.0508. The normalized spacial score (nSPS) is 19.8. The Balaban J connectivity index is 2.35. The van der Waals surface area contributed by atoms with Gasteiger partial charge in [0.2, 0.25) is 5.91 Å². The Bertz CT molecular complexity index is 397. The van der Waals surface area contributed by atoms with Gasteiger partial charge in [-0.3, -0.25) is 14.4 Å². The van der Waals surface area contributed by atoms with Crippen LogP contribution in [-0.4, -0.2) is 61.6 Å². The molecule has 1 aliphatic heterocycles. The monoisotopic (exact) mass is 300 g/mol. The molecule has 0 aromatic carbocycles. The predicted molar refractivity (Wildman–Crippen MR) is 75.4 cm³/mol. The van der Waals surface area contributed by atoms with Gasteiger partial charge in [0.1, 0.15) is 0 Å². The molecule has 21 heavy (non-hydrogen) atoms. The van der Waals surface area contributed by atoms with Crippen LogP contribution in [0, 0.1) is 5.92 Å². The van der Waals surface area contributed by atoms with Crippen molar-refractivity contribution in [2.24, 2.45) is 5.92 Å². The smallest absolute Gasteiger partial charge is 0.311 e. The number of nitrogens with one attached hydrogen (secondary N) is 1. The van der Waals surface area contributed by atoms with Crippen molar-refractivity contribution in [2.75, 3.05) is 26.9 Å². The molecule has 1 saturated heterocycles. The van der Waals surface area contributed by atoms with Crippen LogP contribution in [0.25, 0.3) is 0 Å². The molecule has 0 aliphatic carbocycles. The highest BCUT2D eigenvalue weighted by Crippen LogP contribution is 2.21. The van der Waals surface area contributed by atoms with Gasteiger partial charge in [0.25, 0.3) is 5.91 Å². The Morgan fingerprint density at radius 1 is 1.38 bits per heavy atom. The maximum absolute atomic E-state index is 11.9. The summed E-state index contributed by atoms with van der Waals surface area (Å²) in [5, 5.41) is 2.64. The lowest BCUT2D eigenvalue weighted by molar-refractivity contribution is -0.152. The molecule has 0 aromatic heterocycles. The highest BCUT2D eigenvalue weighted by molar-refractivity contribution is 5.88. The molecule has 0 saturated carbocycles. The number of hydrogen-bond donors (Lipinski definition) is 1. The first-order valence-corrected chi connectivity index (χ1v) is 7.09. The van der Waals surface area contributed by atoms with E-state index in [2.05, 4.69) is 5.32 Å². The van der Waals surface area contributed by atoms with Crippen LogP contribution in [0.3, 0.4) is 0 Å². The molecule has 0 radical (unpaired) electrons. The number of nitrogens with zero attached hydrogens (tertiary/aromatic N) is 1. The molecule has 2 amide bonds. The fraction of sp³-hybridized carbons (Fsp3) is 0.786. The minimum Gasteiger partial charge on any atom is -0.455 e. The summed E-state index contributed by atoms with van der Waals surface area (Å²) in [5.41, 5.74) is 0. The molecular formula is C14H24N2O5. The molecule has 1 N–H and O–H groups in total. The fourth-order valence-electron chi connectivity index (χ4n) is 2.25. The molecule has 7 heteroatoms. The van der Waals surface area contributed by atoms with Gasteiger partial charge in [-0.25, -0.2) is 0 Å². The summed E-state index contributed by atoms with van der Waals surface area (Å²) in [6.45, 7) is 6.00. The fourth-order valence-corrected chi connectivity index (χ4v) is 2.25. The predicted octanol–water partition coefficient (Wildman–Crippen LogP) is -0.0624. The number of ether oxygens (including phenoxy) is 2. The lowest BCUT2D eigenvalue weighted by Gasteiger charge is -2.20. The quantitative estimate of drug-likeness (QED) is 0.666. The molecule has 0 aromatic rings. The third kappa shape index (κ3) is 5.34. The van der Waals surface area contributed by atoms with E-state index < -0.39 is 11.9 Å². The van der Waals surface area contributed by atoms with Crippen LogP contribution in [0.1, 0.15) is 27.2 Å². The number of amides is 2. The van der Waals surface area contributed by atoms with Crippen LogP contribution < -0.4 is 5.32 Å². The van der Waals surface area contributed by atoms with Crippen molar-refractivity contribution in [3.05, 3.63) is 0 Å². The molecule has 1 fully saturated rings. The number of rotatable bonds is 7. The van der Waals surface area contributed by atoms with Gasteiger partial charge in [0.05, 0.1) is 12.5 Å². The third-order valence-electron chi connectivity index (χ3n) is 3.28. The van der Waals surface area contributed by atoms with Crippen molar-refractivity contribution in [1.29, 1.82) is 0 Å². The van der Waals surface area contributed by atoms with Gasteiger partial charge < -0.3 is 19.7 Å². The Morgan fingerprint density at radius 3 is 2.57 bits per heavy atom. The molecule has 2 atom stereocenters. The Morgan fingerprint density at radius 2 is 2.05 bits per heavy atom. The van der Waals surface area contributed by atoms with Gasteiger partial charge in [-0.1, -0.05) is 0 Å². The van der Waals surface area contributed by atoms with Crippen molar-refractivity contribution in [3.63, 3.8) is 0 Å². The van der Waals surface area contributed by atoms with E-state index in [0.29, 0.717) is 13.2 Å². The van der Waals surface area contributed by atoms with Crippen LogP contribution >= 0.6 is 0 Å². The summed E-state index contributed by atoms with van der Waals surface area (Å²) in [6, 6.07) is -0.0841. The molecule has 1 heterocycles. The first-order chi connectivity index (χ1) is 9.85. The Hall–Kier alpha value is -1.63. The zero-order valence-corrected chi connectivity index (χ0v) is 13.0. The molecule has 7 nitrogen and oxygen atoms in total. The summed E-state index contributed by atoms with van der Waals surface area (Å²) in [6.07, 6.45) is 0.151. The second kappa shape index (κ2) is 7.97.